The number of piperazine rings is 1. The minimum atomic E-state index is -3.59. The quantitative estimate of drug-likeness (QED) is 0.535. The molecule has 7 nitrogen and oxygen atoms in total. The van der Waals surface area contributed by atoms with E-state index in [0.29, 0.717) is 29.4 Å². The molecule has 1 aliphatic heterocycles. The highest BCUT2D eigenvalue weighted by Crippen LogP contribution is 2.20. The third-order valence-electron chi connectivity index (χ3n) is 5.21. The molecule has 1 aromatic carbocycles. The van der Waals surface area contributed by atoms with Crippen LogP contribution in [-0.4, -0.2) is 59.7 Å². The molecule has 0 radical (unpaired) electrons. The highest BCUT2D eigenvalue weighted by atomic mass is 35.5. The van der Waals surface area contributed by atoms with E-state index >= 15 is 0 Å². The van der Waals surface area contributed by atoms with Gasteiger partial charge in [-0.1, -0.05) is 29.8 Å². The lowest BCUT2D eigenvalue weighted by atomic mass is 10.0. The second kappa shape index (κ2) is 9.60. The summed E-state index contributed by atoms with van der Waals surface area (Å²) in [7, 11) is -3.59. The normalized spacial score (nSPS) is 15.2. The van der Waals surface area contributed by atoms with Gasteiger partial charge in [-0.05, 0) is 53.1 Å². The molecule has 0 spiro atoms. The van der Waals surface area contributed by atoms with Gasteiger partial charge in [-0.25, -0.2) is 13.4 Å². The first kappa shape index (κ1) is 22.1. The highest BCUT2D eigenvalue weighted by molar-refractivity contribution is 7.92. The summed E-state index contributed by atoms with van der Waals surface area (Å²) in [5.41, 5.74) is 3.25. The van der Waals surface area contributed by atoms with Crippen LogP contribution in [0.5, 0.6) is 0 Å². The van der Waals surface area contributed by atoms with Crippen LogP contribution in [0.25, 0.3) is 17.2 Å². The summed E-state index contributed by atoms with van der Waals surface area (Å²) in [6.07, 6.45) is 6.44. The van der Waals surface area contributed by atoms with Crippen molar-refractivity contribution in [3.8, 4) is 11.1 Å². The van der Waals surface area contributed by atoms with Crippen molar-refractivity contribution in [2.75, 3.05) is 26.2 Å². The van der Waals surface area contributed by atoms with E-state index in [2.05, 4.69) is 9.97 Å². The summed E-state index contributed by atoms with van der Waals surface area (Å²) in [6.45, 7) is 1.15. The molecule has 2 aromatic heterocycles. The Labute approximate surface area is 192 Å². The fraction of sp³-hybridized carbons (Fsp3) is 0.174. The molecule has 3 aromatic rings. The molecule has 1 fully saturated rings. The van der Waals surface area contributed by atoms with Crippen LogP contribution in [0.2, 0.25) is 5.15 Å². The zero-order chi connectivity index (χ0) is 22.6. The Balaban J connectivity index is 1.36. The Morgan fingerprint density at radius 3 is 2.19 bits per heavy atom. The summed E-state index contributed by atoms with van der Waals surface area (Å²) in [5, 5.41) is 1.51. The SMILES string of the molecule is O=C(c1ccc(-c2ccncc2)cc1)N1CCN(S(=O)(=O)C=Cc2ccc(Cl)nc2)CC1. The second-order valence-corrected chi connectivity index (χ2v) is 9.47. The molecule has 1 aliphatic rings. The molecule has 3 heterocycles. The van der Waals surface area contributed by atoms with Gasteiger partial charge in [0.2, 0.25) is 10.0 Å². The van der Waals surface area contributed by atoms with E-state index in [1.165, 1.54) is 16.6 Å². The molecule has 4 rings (SSSR count). The number of benzene rings is 1. The van der Waals surface area contributed by atoms with Crippen LogP contribution in [-0.2, 0) is 10.0 Å². The Morgan fingerprint density at radius 1 is 0.906 bits per heavy atom. The molecule has 164 valence electrons. The van der Waals surface area contributed by atoms with Crippen molar-refractivity contribution in [1.29, 1.82) is 0 Å². The van der Waals surface area contributed by atoms with Gasteiger partial charge in [-0.3, -0.25) is 9.78 Å². The summed E-state index contributed by atoms with van der Waals surface area (Å²) in [6, 6.07) is 14.5. The molecule has 0 aliphatic carbocycles. The number of hydrogen-bond donors (Lipinski definition) is 0. The number of aromatic nitrogens is 2. The zero-order valence-electron chi connectivity index (χ0n) is 17.1. The van der Waals surface area contributed by atoms with E-state index in [-0.39, 0.29) is 19.0 Å². The van der Waals surface area contributed by atoms with Gasteiger partial charge in [0.25, 0.3) is 5.91 Å². The average molecular weight is 469 g/mol. The number of carbonyl (C=O) groups excluding carboxylic acids is 1. The number of carbonyl (C=O) groups is 1. The number of nitrogens with zero attached hydrogens (tertiary/aromatic N) is 4. The molecular weight excluding hydrogens is 448 g/mol. The number of pyridine rings is 2. The number of halogens is 1. The van der Waals surface area contributed by atoms with Crippen molar-refractivity contribution in [3.05, 3.63) is 88.8 Å². The van der Waals surface area contributed by atoms with E-state index < -0.39 is 10.0 Å². The second-order valence-electron chi connectivity index (χ2n) is 7.27. The lowest BCUT2D eigenvalue weighted by Gasteiger charge is -2.33. The number of sulfonamides is 1. The van der Waals surface area contributed by atoms with Gasteiger partial charge < -0.3 is 4.90 Å². The van der Waals surface area contributed by atoms with Crippen molar-refractivity contribution < 1.29 is 13.2 Å². The minimum Gasteiger partial charge on any atom is -0.336 e. The molecule has 0 bridgehead atoms. The standard InChI is InChI=1S/C23H21ClN4O3S/c24-22-6-1-18(17-26-22)9-16-32(30,31)28-14-12-27(13-15-28)23(29)21-4-2-19(3-5-21)20-7-10-25-11-8-20/h1-11,16-17H,12-15H2. The molecule has 0 N–H and O–H groups in total. The first-order valence-electron chi connectivity index (χ1n) is 10.0. The van der Waals surface area contributed by atoms with Gasteiger partial charge in [0, 0.05) is 55.7 Å². The van der Waals surface area contributed by atoms with Crippen LogP contribution in [0.1, 0.15) is 15.9 Å². The first-order chi connectivity index (χ1) is 15.4. The van der Waals surface area contributed by atoms with Gasteiger partial charge >= 0.3 is 0 Å². The predicted octanol–water partition coefficient (Wildman–Crippen LogP) is 3.56. The predicted molar refractivity (Wildman–Crippen MR) is 124 cm³/mol. The maximum Gasteiger partial charge on any atom is 0.253 e. The van der Waals surface area contributed by atoms with Gasteiger partial charge in [-0.2, -0.15) is 4.31 Å². The van der Waals surface area contributed by atoms with Crippen molar-refractivity contribution in [3.63, 3.8) is 0 Å². The summed E-state index contributed by atoms with van der Waals surface area (Å²) in [4.78, 5) is 22.5. The van der Waals surface area contributed by atoms with Crippen LogP contribution >= 0.6 is 11.6 Å². The van der Waals surface area contributed by atoms with E-state index in [1.54, 1.807) is 41.6 Å². The Bertz CT molecular complexity index is 1210. The van der Waals surface area contributed by atoms with Crippen LogP contribution in [0.3, 0.4) is 0 Å². The minimum absolute atomic E-state index is 0.105. The lowest BCUT2D eigenvalue weighted by molar-refractivity contribution is 0.0698. The van der Waals surface area contributed by atoms with Gasteiger partial charge in [0.05, 0.1) is 0 Å². The molecule has 0 unspecified atom stereocenters. The third kappa shape index (κ3) is 5.21. The van der Waals surface area contributed by atoms with Gasteiger partial charge in [0.1, 0.15) is 5.15 Å². The topological polar surface area (TPSA) is 83.5 Å². The highest BCUT2D eigenvalue weighted by Gasteiger charge is 2.27. The van der Waals surface area contributed by atoms with Crippen LogP contribution in [0.15, 0.2) is 72.5 Å². The average Bonchev–Trinajstić information content (AvgIpc) is 2.84. The zero-order valence-corrected chi connectivity index (χ0v) is 18.7. The number of amides is 1. The van der Waals surface area contributed by atoms with E-state index in [0.717, 1.165) is 16.5 Å². The molecule has 0 atom stereocenters. The Morgan fingerprint density at radius 2 is 1.56 bits per heavy atom. The largest absolute Gasteiger partial charge is 0.336 e. The van der Waals surface area contributed by atoms with Crippen molar-refractivity contribution in [2.24, 2.45) is 0 Å². The maximum absolute atomic E-state index is 12.9. The van der Waals surface area contributed by atoms with Crippen molar-refractivity contribution >= 4 is 33.6 Å². The summed E-state index contributed by atoms with van der Waals surface area (Å²) < 4.78 is 26.6. The van der Waals surface area contributed by atoms with Gasteiger partial charge in [0.15, 0.2) is 0 Å². The molecule has 9 heteroatoms. The van der Waals surface area contributed by atoms with Gasteiger partial charge in [-0.15, -0.1) is 0 Å². The summed E-state index contributed by atoms with van der Waals surface area (Å²) in [5.74, 6) is -0.105. The molecule has 1 amide bonds. The molecule has 1 saturated heterocycles. The van der Waals surface area contributed by atoms with E-state index in [1.807, 2.05) is 24.3 Å². The third-order valence-corrected chi connectivity index (χ3v) is 7.00. The maximum atomic E-state index is 12.9. The number of rotatable bonds is 5. The van der Waals surface area contributed by atoms with Crippen LogP contribution in [0, 0.1) is 0 Å². The lowest BCUT2D eigenvalue weighted by Crippen LogP contribution is -2.50. The number of hydrogen-bond acceptors (Lipinski definition) is 5. The molecule has 32 heavy (non-hydrogen) atoms. The fourth-order valence-electron chi connectivity index (χ4n) is 3.41. The van der Waals surface area contributed by atoms with Crippen molar-refractivity contribution in [2.45, 2.75) is 0 Å². The molecular formula is C23H21ClN4O3S. The first-order valence-corrected chi connectivity index (χ1v) is 11.9. The van der Waals surface area contributed by atoms with Crippen LogP contribution < -0.4 is 0 Å². The fourth-order valence-corrected chi connectivity index (χ4v) is 4.70. The van der Waals surface area contributed by atoms with E-state index in [9.17, 15) is 13.2 Å². The van der Waals surface area contributed by atoms with Crippen LogP contribution in [0.4, 0.5) is 0 Å². The van der Waals surface area contributed by atoms with Crippen molar-refractivity contribution in [1.82, 2.24) is 19.2 Å². The summed E-state index contributed by atoms with van der Waals surface area (Å²) >= 11 is 5.75. The Kier molecular flexibility index (Phi) is 6.64. The monoisotopic (exact) mass is 468 g/mol. The van der Waals surface area contributed by atoms with E-state index in [4.69, 9.17) is 11.6 Å². The smallest absolute Gasteiger partial charge is 0.253 e. The Hall–Kier alpha value is -3.07. The molecule has 0 saturated carbocycles.